The molecule has 0 aliphatic rings. The molecule has 1 heterocycles. The van der Waals surface area contributed by atoms with E-state index in [9.17, 15) is 0 Å². The van der Waals surface area contributed by atoms with Crippen LogP contribution in [0.2, 0.25) is 0 Å². The second-order valence-corrected chi connectivity index (χ2v) is 6.65. The number of ether oxygens (including phenoxy) is 1. The van der Waals surface area contributed by atoms with E-state index in [1.807, 2.05) is 18.2 Å². The Kier molecular flexibility index (Phi) is 6.16. The quantitative estimate of drug-likeness (QED) is 0.811. The molecule has 1 aromatic carbocycles. The molecule has 1 aromatic heterocycles. The molecule has 0 saturated carbocycles. The van der Waals surface area contributed by atoms with Crippen LogP contribution >= 0.6 is 27.3 Å². The highest BCUT2D eigenvalue weighted by Crippen LogP contribution is 2.17. The van der Waals surface area contributed by atoms with Crippen LogP contribution in [0.5, 0.6) is 0 Å². The zero-order valence-corrected chi connectivity index (χ0v) is 14.1. The second kappa shape index (κ2) is 7.88. The average molecular weight is 355 g/mol. The second-order valence-electron chi connectivity index (χ2n) is 4.85. The summed E-state index contributed by atoms with van der Waals surface area (Å²) in [4.78, 5) is 4.56. The standard InChI is InChI=1S/C15H19BrN2OS/c1-11(2)17-7-15-18-13(10-20-15)9-19-8-12-5-3-4-6-14(12)16/h3-6,10-11,17H,7-9H2,1-2H3. The number of hydrogen-bond acceptors (Lipinski definition) is 4. The smallest absolute Gasteiger partial charge is 0.107 e. The third kappa shape index (κ3) is 4.98. The predicted octanol–water partition coefficient (Wildman–Crippen LogP) is 4.12. The summed E-state index contributed by atoms with van der Waals surface area (Å²) in [5.41, 5.74) is 2.16. The number of thiazole rings is 1. The zero-order valence-electron chi connectivity index (χ0n) is 11.7. The van der Waals surface area contributed by atoms with E-state index < -0.39 is 0 Å². The number of hydrogen-bond donors (Lipinski definition) is 1. The molecule has 20 heavy (non-hydrogen) atoms. The third-order valence-electron chi connectivity index (χ3n) is 2.73. The van der Waals surface area contributed by atoms with Crippen LogP contribution in [-0.2, 0) is 24.5 Å². The summed E-state index contributed by atoms with van der Waals surface area (Å²) in [6, 6.07) is 8.58. The fourth-order valence-electron chi connectivity index (χ4n) is 1.67. The summed E-state index contributed by atoms with van der Waals surface area (Å²) in [7, 11) is 0. The molecule has 3 nitrogen and oxygen atoms in total. The topological polar surface area (TPSA) is 34.2 Å². The first-order valence-corrected chi connectivity index (χ1v) is 8.30. The van der Waals surface area contributed by atoms with Crippen LogP contribution in [0.1, 0.15) is 30.1 Å². The molecule has 0 atom stereocenters. The van der Waals surface area contributed by atoms with Crippen LogP contribution in [-0.4, -0.2) is 11.0 Å². The maximum atomic E-state index is 5.72. The number of halogens is 1. The summed E-state index contributed by atoms with van der Waals surface area (Å²) in [5, 5.41) is 6.54. The van der Waals surface area contributed by atoms with Crippen molar-refractivity contribution in [2.75, 3.05) is 0 Å². The molecule has 2 rings (SSSR count). The molecule has 108 valence electrons. The van der Waals surface area contributed by atoms with E-state index in [-0.39, 0.29) is 0 Å². The molecule has 0 amide bonds. The SMILES string of the molecule is CC(C)NCc1nc(COCc2ccccc2Br)cs1. The summed E-state index contributed by atoms with van der Waals surface area (Å²) >= 11 is 5.20. The van der Waals surface area contributed by atoms with E-state index in [1.165, 1.54) is 0 Å². The van der Waals surface area contributed by atoms with E-state index in [1.54, 1.807) is 11.3 Å². The van der Waals surface area contributed by atoms with Crippen molar-refractivity contribution in [1.82, 2.24) is 10.3 Å². The van der Waals surface area contributed by atoms with Gasteiger partial charge in [-0.3, -0.25) is 0 Å². The first-order valence-electron chi connectivity index (χ1n) is 6.63. The first kappa shape index (κ1) is 15.6. The molecule has 0 spiro atoms. The molecule has 0 saturated heterocycles. The minimum atomic E-state index is 0.481. The van der Waals surface area contributed by atoms with Crippen LogP contribution < -0.4 is 5.32 Å². The Morgan fingerprint density at radius 1 is 1.30 bits per heavy atom. The average Bonchev–Trinajstić information content (AvgIpc) is 2.87. The number of nitrogens with one attached hydrogen (secondary N) is 1. The molecule has 0 fully saturated rings. The summed E-state index contributed by atoms with van der Waals surface area (Å²) < 4.78 is 6.80. The van der Waals surface area contributed by atoms with E-state index in [4.69, 9.17) is 4.74 Å². The van der Waals surface area contributed by atoms with Crippen LogP contribution in [0.3, 0.4) is 0 Å². The molecule has 0 aliphatic heterocycles. The van der Waals surface area contributed by atoms with Gasteiger partial charge in [0.2, 0.25) is 0 Å². The highest BCUT2D eigenvalue weighted by Gasteiger charge is 2.04. The Labute approximate surface area is 132 Å². The van der Waals surface area contributed by atoms with Crippen LogP contribution in [0.25, 0.3) is 0 Å². The van der Waals surface area contributed by atoms with Gasteiger partial charge < -0.3 is 10.1 Å². The van der Waals surface area contributed by atoms with Crippen LogP contribution in [0.15, 0.2) is 34.1 Å². The number of aromatic nitrogens is 1. The molecular weight excluding hydrogens is 336 g/mol. The molecular formula is C15H19BrN2OS. The molecule has 0 unspecified atom stereocenters. The maximum absolute atomic E-state index is 5.72. The van der Waals surface area contributed by atoms with Crippen molar-refractivity contribution in [3.8, 4) is 0 Å². The lowest BCUT2D eigenvalue weighted by Gasteiger charge is -2.05. The van der Waals surface area contributed by atoms with Gasteiger partial charge in [0.15, 0.2) is 0 Å². The predicted molar refractivity (Wildman–Crippen MR) is 86.7 cm³/mol. The van der Waals surface area contributed by atoms with E-state index in [2.05, 4.69) is 51.5 Å². The van der Waals surface area contributed by atoms with Gasteiger partial charge >= 0.3 is 0 Å². The van der Waals surface area contributed by atoms with Gasteiger partial charge in [-0.2, -0.15) is 0 Å². The van der Waals surface area contributed by atoms with Gasteiger partial charge in [-0.05, 0) is 11.6 Å². The molecule has 0 aliphatic carbocycles. The van der Waals surface area contributed by atoms with E-state index >= 15 is 0 Å². The van der Waals surface area contributed by atoms with Gasteiger partial charge in [-0.15, -0.1) is 11.3 Å². The molecule has 0 bridgehead atoms. The summed E-state index contributed by atoms with van der Waals surface area (Å²) in [6.45, 7) is 6.25. The Bertz CT molecular complexity index is 542. The summed E-state index contributed by atoms with van der Waals surface area (Å²) in [6.07, 6.45) is 0. The monoisotopic (exact) mass is 354 g/mol. The molecule has 5 heteroatoms. The van der Waals surface area contributed by atoms with Gasteiger partial charge in [0.05, 0.1) is 18.9 Å². The molecule has 0 radical (unpaired) electrons. The number of rotatable bonds is 7. The van der Waals surface area contributed by atoms with Crippen molar-refractivity contribution < 1.29 is 4.74 Å². The third-order valence-corrected chi connectivity index (χ3v) is 4.40. The van der Waals surface area contributed by atoms with Crippen molar-refractivity contribution >= 4 is 27.3 Å². The van der Waals surface area contributed by atoms with Crippen LogP contribution in [0, 0.1) is 0 Å². The van der Waals surface area contributed by atoms with Crippen LogP contribution in [0.4, 0.5) is 0 Å². The van der Waals surface area contributed by atoms with Crippen molar-refractivity contribution in [2.24, 2.45) is 0 Å². The molecule has 2 aromatic rings. The lowest BCUT2D eigenvalue weighted by atomic mass is 10.2. The lowest BCUT2D eigenvalue weighted by Crippen LogP contribution is -2.21. The van der Waals surface area contributed by atoms with Gasteiger partial charge in [-0.25, -0.2) is 4.98 Å². The van der Waals surface area contributed by atoms with Crippen molar-refractivity contribution in [3.05, 3.63) is 50.4 Å². The Morgan fingerprint density at radius 2 is 2.10 bits per heavy atom. The van der Waals surface area contributed by atoms with E-state index in [0.29, 0.717) is 19.3 Å². The van der Waals surface area contributed by atoms with Crippen molar-refractivity contribution in [2.45, 2.75) is 39.6 Å². The number of benzene rings is 1. The van der Waals surface area contributed by atoms with Gasteiger partial charge in [0.25, 0.3) is 0 Å². The largest absolute Gasteiger partial charge is 0.370 e. The van der Waals surface area contributed by atoms with Gasteiger partial charge in [0, 0.05) is 22.4 Å². The Morgan fingerprint density at radius 3 is 2.85 bits per heavy atom. The van der Waals surface area contributed by atoms with Gasteiger partial charge in [0.1, 0.15) is 5.01 Å². The van der Waals surface area contributed by atoms with Crippen molar-refractivity contribution in [3.63, 3.8) is 0 Å². The summed E-state index contributed by atoms with van der Waals surface area (Å²) in [5.74, 6) is 0. The highest BCUT2D eigenvalue weighted by molar-refractivity contribution is 9.10. The minimum Gasteiger partial charge on any atom is -0.370 e. The van der Waals surface area contributed by atoms with Crippen molar-refractivity contribution in [1.29, 1.82) is 0 Å². The first-order chi connectivity index (χ1) is 9.65. The molecule has 1 N–H and O–H groups in total. The maximum Gasteiger partial charge on any atom is 0.107 e. The normalized spacial score (nSPS) is 11.2. The fourth-order valence-corrected chi connectivity index (χ4v) is 2.80. The fraction of sp³-hybridized carbons (Fsp3) is 0.400. The minimum absolute atomic E-state index is 0.481. The zero-order chi connectivity index (χ0) is 14.4. The van der Waals surface area contributed by atoms with E-state index in [0.717, 1.165) is 27.3 Å². The number of nitrogens with zero attached hydrogens (tertiary/aromatic N) is 1. The van der Waals surface area contributed by atoms with Gasteiger partial charge in [-0.1, -0.05) is 48.0 Å². The lowest BCUT2D eigenvalue weighted by molar-refractivity contribution is 0.104. The highest BCUT2D eigenvalue weighted by atomic mass is 79.9. The Hall–Kier alpha value is -0.750. The Balaban J connectivity index is 1.78.